The molecule has 1 aromatic rings. The molecule has 0 bridgehead atoms. The lowest BCUT2D eigenvalue weighted by Gasteiger charge is -2.09. The molecule has 1 aliphatic carbocycles. The fourth-order valence-corrected chi connectivity index (χ4v) is 3.82. The van der Waals surface area contributed by atoms with Crippen molar-refractivity contribution >= 4 is 17.1 Å². The minimum atomic E-state index is -4.70. The highest BCUT2D eigenvalue weighted by Crippen LogP contribution is 2.65. The highest BCUT2D eigenvalue weighted by atomic mass is 32.2. The lowest BCUT2D eigenvalue weighted by atomic mass is 10.0. The average molecular weight is 388 g/mol. The molecule has 1 fully saturated rings. The number of nitrogens with two attached hydrogens (primary N) is 2. The molecule has 3 atom stereocenters. The summed E-state index contributed by atoms with van der Waals surface area (Å²) in [4.78, 5) is 0.565. The molecule has 9 heteroatoms. The summed E-state index contributed by atoms with van der Waals surface area (Å²) < 4.78 is 48.2. The Morgan fingerprint density at radius 3 is 2.42 bits per heavy atom. The third kappa shape index (κ3) is 4.72. The molecule has 1 saturated carbocycles. The summed E-state index contributed by atoms with van der Waals surface area (Å²) in [6.07, 6.45) is -3.38. The normalized spacial score (nSPS) is 23.4. The second-order valence-corrected chi connectivity index (χ2v) is 8.06. The quantitative estimate of drug-likeness (QED) is 0.425. The molecule has 0 amide bonds. The smallest absolute Gasteiger partial charge is 0.432 e. The zero-order valence-corrected chi connectivity index (χ0v) is 15.4. The van der Waals surface area contributed by atoms with Crippen molar-refractivity contribution in [3.63, 3.8) is 0 Å². The van der Waals surface area contributed by atoms with E-state index in [0.29, 0.717) is 29.4 Å². The fourth-order valence-electron chi connectivity index (χ4n) is 3.41. The topological polar surface area (TPSA) is 111 Å². The van der Waals surface area contributed by atoms with E-state index >= 15 is 0 Å². The number of allylic oxidation sites excluding steroid dienone is 1. The average Bonchev–Trinajstić information content (AvgIpc) is 3.07. The van der Waals surface area contributed by atoms with Crippen LogP contribution in [-0.2, 0) is 11.4 Å². The van der Waals surface area contributed by atoms with Crippen molar-refractivity contribution in [3.05, 3.63) is 41.7 Å². The van der Waals surface area contributed by atoms with Crippen molar-refractivity contribution < 1.29 is 17.7 Å². The largest absolute Gasteiger partial charge is 0.593 e. The van der Waals surface area contributed by atoms with Crippen LogP contribution in [0.15, 0.2) is 41.1 Å². The molecule has 0 radical (unpaired) electrons. The van der Waals surface area contributed by atoms with E-state index in [9.17, 15) is 17.7 Å². The van der Waals surface area contributed by atoms with Gasteiger partial charge in [-0.05, 0) is 41.4 Å². The number of benzene rings is 1. The van der Waals surface area contributed by atoms with Gasteiger partial charge in [-0.2, -0.15) is 13.2 Å². The molecule has 0 aromatic heterocycles. The molecule has 0 saturated heterocycles. The Labute approximate surface area is 153 Å². The second-order valence-electron chi connectivity index (χ2n) is 7.00. The predicted octanol–water partition coefficient (Wildman–Crippen LogP) is 2.77. The third-order valence-corrected chi connectivity index (χ3v) is 5.65. The summed E-state index contributed by atoms with van der Waals surface area (Å²) in [6.45, 7) is 4.69. The summed E-state index contributed by atoms with van der Waals surface area (Å²) in [5, 5.41) is 15.0. The van der Waals surface area contributed by atoms with Crippen molar-refractivity contribution in [1.82, 2.24) is 5.32 Å². The first-order valence-electron chi connectivity index (χ1n) is 8.07. The maximum Gasteiger partial charge on any atom is 0.432 e. The number of rotatable bonds is 7. The molecular weight excluding hydrogens is 365 g/mol. The first kappa shape index (κ1) is 20.6. The van der Waals surface area contributed by atoms with Crippen molar-refractivity contribution in [2.75, 3.05) is 6.54 Å². The summed E-state index contributed by atoms with van der Waals surface area (Å²) in [6, 6.07) is 7.33. The van der Waals surface area contributed by atoms with Gasteiger partial charge in [0, 0.05) is 12.6 Å². The number of hydrogen-bond donors (Lipinski definition) is 4. The minimum absolute atomic E-state index is 0.0578. The van der Waals surface area contributed by atoms with Gasteiger partial charge in [0.15, 0.2) is 4.90 Å². The van der Waals surface area contributed by atoms with Crippen molar-refractivity contribution in [2.45, 2.75) is 37.3 Å². The van der Waals surface area contributed by atoms with Gasteiger partial charge in [-0.15, -0.1) is 5.14 Å². The first-order valence-corrected chi connectivity index (χ1v) is 9.28. The summed E-state index contributed by atoms with van der Waals surface area (Å²) in [5.74, 6) is 0.486. The molecular formula is C17H23F3N4OS. The highest BCUT2D eigenvalue weighted by molar-refractivity contribution is 7.89. The second kappa shape index (κ2) is 7.50. The molecule has 0 heterocycles. The van der Waals surface area contributed by atoms with E-state index in [1.807, 2.05) is 12.1 Å². The van der Waals surface area contributed by atoms with Crippen LogP contribution < -0.4 is 16.2 Å². The van der Waals surface area contributed by atoms with Gasteiger partial charge in [-0.1, -0.05) is 26.0 Å². The van der Waals surface area contributed by atoms with E-state index in [0.717, 1.165) is 12.0 Å². The van der Waals surface area contributed by atoms with Crippen LogP contribution in [0, 0.1) is 16.7 Å². The van der Waals surface area contributed by atoms with E-state index < -0.39 is 23.2 Å². The number of halogens is 3. The SMILES string of the molecule is CC1(C)C(CCN/C(N)=C/C(=N)C(F)(F)F)C1c1ccc([S+](N)[O-])cc1. The van der Waals surface area contributed by atoms with Crippen LogP contribution in [0.25, 0.3) is 0 Å². The van der Waals surface area contributed by atoms with Crippen LogP contribution in [0.4, 0.5) is 13.2 Å². The lowest BCUT2D eigenvalue weighted by Crippen LogP contribution is -2.26. The summed E-state index contributed by atoms with van der Waals surface area (Å²) >= 11 is -1.51. The van der Waals surface area contributed by atoms with E-state index in [1.54, 1.807) is 12.1 Å². The van der Waals surface area contributed by atoms with E-state index in [4.69, 9.17) is 16.3 Å². The Morgan fingerprint density at radius 1 is 1.35 bits per heavy atom. The molecule has 1 aliphatic rings. The first-order chi connectivity index (χ1) is 11.9. The molecule has 26 heavy (non-hydrogen) atoms. The van der Waals surface area contributed by atoms with Crippen LogP contribution in [-0.4, -0.2) is 23.0 Å². The number of alkyl halides is 3. The van der Waals surface area contributed by atoms with Gasteiger partial charge in [-0.3, -0.25) is 5.41 Å². The monoisotopic (exact) mass is 388 g/mol. The predicted molar refractivity (Wildman–Crippen MR) is 95.7 cm³/mol. The third-order valence-electron chi connectivity index (χ3n) is 4.91. The number of hydrogen-bond acceptors (Lipinski definition) is 5. The lowest BCUT2D eigenvalue weighted by molar-refractivity contribution is -0.0584. The molecule has 3 unspecified atom stereocenters. The van der Waals surface area contributed by atoms with Gasteiger partial charge < -0.3 is 15.6 Å². The molecule has 2 rings (SSSR count). The molecule has 0 aliphatic heterocycles. The van der Waals surface area contributed by atoms with Crippen LogP contribution >= 0.6 is 0 Å². The maximum atomic E-state index is 12.3. The van der Waals surface area contributed by atoms with Gasteiger partial charge in [0.05, 0.1) is 17.2 Å². The van der Waals surface area contributed by atoms with Gasteiger partial charge in [0.25, 0.3) is 0 Å². The van der Waals surface area contributed by atoms with E-state index in [2.05, 4.69) is 19.2 Å². The standard InChI is InChI=1S/C17H23F3N4OS/c1-16(2)12(7-8-24-14(22)9-13(21)17(18,19)20)15(16)10-3-5-11(6-4-10)26(23)25/h3-6,9,12,15,21,24H,7-8,22-23H2,1-2H3/b14-9+,21-13?. The van der Waals surface area contributed by atoms with Crippen molar-refractivity contribution in [3.8, 4) is 0 Å². The van der Waals surface area contributed by atoms with Crippen LogP contribution in [0.1, 0.15) is 31.7 Å². The van der Waals surface area contributed by atoms with E-state index in [1.165, 1.54) is 0 Å². The van der Waals surface area contributed by atoms with Crippen LogP contribution in [0.3, 0.4) is 0 Å². The highest BCUT2D eigenvalue weighted by Gasteiger charge is 2.57. The van der Waals surface area contributed by atoms with Crippen LogP contribution in [0.2, 0.25) is 0 Å². The molecule has 144 valence electrons. The Balaban J connectivity index is 1.90. The molecule has 6 N–H and O–H groups in total. The van der Waals surface area contributed by atoms with Gasteiger partial charge in [0.2, 0.25) is 0 Å². The zero-order chi connectivity index (χ0) is 19.7. The molecule has 5 nitrogen and oxygen atoms in total. The summed E-state index contributed by atoms with van der Waals surface area (Å²) in [5.41, 5.74) is 5.20. The molecule has 0 spiro atoms. The maximum absolute atomic E-state index is 12.3. The Bertz CT molecular complexity index is 686. The van der Waals surface area contributed by atoms with Gasteiger partial charge >= 0.3 is 6.18 Å². The Hall–Kier alpha value is -1.71. The summed E-state index contributed by atoms with van der Waals surface area (Å²) in [7, 11) is 0. The van der Waals surface area contributed by atoms with E-state index in [-0.39, 0.29) is 11.2 Å². The van der Waals surface area contributed by atoms with Crippen LogP contribution in [0.5, 0.6) is 0 Å². The number of nitrogens with one attached hydrogen (secondary N) is 2. The fraction of sp³-hybridized carbons (Fsp3) is 0.471. The minimum Gasteiger partial charge on any atom is -0.593 e. The van der Waals surface area contributed by atoms with Gasteiger partial charge in [0.1, 0.15) is 5.71 Å². The Morgan fingerprint density at radius 2 is 1.92 bits per heavy atom. The van der Waals surface area contributed by atoms with Crippen molar-refractivity contribution in [2.24, 2.45) is 22.2 Å². The Kier molecular flexibility index (Phi) is 5.94. The van der Waals surface area contributed by atoms with Gasteiger partial charge in [-0.25, -0.2) is 0 Å². The van der Waals surface area contributed by atoms with Crippen molar-refractivity contribution in [1.29, 1.82) is 5.41 Å². The molecule has 1 aromatic carbocycles. The zero-order valence-electron chi connectivity index (χ0n) is 14.6.